The zero-order valence-corrected chi connectivity index (χ0v) is 11.6. The Kier molecular flexibility index (Phi) is 4.35. The Hall–Kier alpha value is -0.590. The van der Waals surface area contributed by atoms with Gasteiger partial charge in [0.25, 0.3) is 0 Å². The van der Waals surface area contributed by atoms with Crippen molar-refractivity contribution in [3.63, 3.8) is 0 Å². The van der Waals surface area contributed by atoms with Gasteiger partial charge in [0.1, 0.15) is 12.4 Å². The van der Waals surface area contributed by atoms with E-state index in [0.717, 1.165) is 4.47 Å². The van der Waals surface area contributed by atoms with Crippen molar-refractivity contribution in [2.24, 2.45) is 0 Å². The number of aliphatic hydroxyl groups is 1. The molecule has 0 fully saturated rings. The Bertz CT molecular complexity index is 404. The summed E-state index contributed by atoms with van der Waals surface area (Å²) in [7, 11) is 0. The van der Waals surface area contributed by atoms with E-state index in [1.54, 1.807) is 18.2 Å². The first-order valence-corrected chi connectivity index (χ1v) is 5.95. The molecular formula is C10H10Br2O4. The summed E-state index contributed by atoms with van der Waals surface area (Å²) in [5, 5.41) is 18.1. The molecule has 16 heavy (non-hydrogen) atoms. The minimum atomic E-state index is -1.90. The highest BCUT2D eigenvalue weighted by Gasteiger charge is 2.31. The van der Waals surface area contributed by atoms with Crippen LogP contribution in [0, 0.1) is 0 Å². The van der Waals surface area contributed by atoms with Crippen LogP contribution in [0.4, 0.5) is 0 Å². The summed E-state index contributed by atoms with van der Waals surface area (Å²) in [5.74, 6) is -0.842. The second-order valence-corrected chi connectivity index (χ2v) is 5.21. The van der Waals surface area contributed by atoms with Crippen LogP contribution in [0.2, 0.25) is 0 Å². The van der Waals surface area contributed by atoms with Gasteiger partial charge in [0, 0.05) is 4.47 Å². The summed E-state index contributed by atoms with van der Waals surface area (Å²) in [6.07, 6.45) is 0. The number of aliphatic carboxylic acids is 1. The van der Waals surface area contributed by atoms with Gasteiger partial charge in [0.15, 0.2) is 5.60 Å². The van der Waals surface area contributed by atoms with Gasteiger partial charge in [-0.05, 0) is 41.1 Å². The van der Waals surface area contributed by atoms with Crippen molar-refractivity contribution in [1.82, 2.24) is 0 Å². The van der Waals surface area contributed by atoms with Gasteiger partial charge in [-0.1, -0.05) is 15.9 Å². The molecule has 0 heterocycles. The molecule has 1 atom stereocenters. The average Bonchev–Trinajstić information content (AvgIpc) is 2.16. The number of hydrogen-bond acceptors (Lipinski definition) is 3. The van der Waals surface area contributed by atoms with E-state index in [1.165, 1.54) is 6.92 Å². The first kappa shape index (κ1) is 13.5. The molecule has 1 aromatic rings. The summed E-state index contributed by atoms with van der Waals surface area (Å²) in [5.41, 5.74) is -1.90. The van der Waals surface area contributed by atoms with Gasteiger partial charge in [-0.15, -0.1) is 0 Å². The highest BCUT2D eigenvalue weighted by Crippen LogP contribution is 2.28. The number of benzene rings is 1. The van der Waals surface area contributed by atoms with Crippen molar-refractivity contribution in [3.05, 3.63) is 27.1 Å². The van der Waals surface area contributed by atoms with Crippen LogP contribution in [-0.2, 0) is 4.79 Å². The Morgan fingerprint density at radius 3 is 2.62 bits per heavy atom. The van der Waals surface area contributed by atoms with Crippen LogP contribution in [0.25, 0.3) is 0 Å². The Morgan fingerprint density at radius 2 is 2.12 bits per heavy atom. The monoisotopic (exact) mass is 352 g/mol. The van der Waals surface area contributed by atoms with Gasteiger partial charge < -0.3 is 14.9 Å². The molecule has 0 radical (unpaired) electrons. The number of carboxylic acid groups (broad SMARTS) is 1. The molecule has 88 valence electrons. The predicted molar refractivity (Wildman–Crippen MR) is 65.6 cm³/mol. The second kappa shape index (κ2) is 5.16. The van der Waals surface area contributed by atoms with Gasteiger partial charge in [-0.25, -0.2) is 4.79 Å². The number of halogens is 2. The fourth-order valence-electron chi connectivity index (χ4n) is 0.872. The third-order valence-corrected chi connectivity index (χ3v) is 2.98. The molecular weight excluding hydrogens is 344 g/mol. The smallest absolute Gasteiger partial charge is 0.339 e. The van der Waals surface area contributed by atoms with E-state index in [4.69, 9.17) is 9.84 Å². The molecule has 4 nitrogen and oxygen atoms in total. The van der Waals surface area contributed by atoms with Crippen LogP contribution >= 0.6 is 31.9 Å². The second-order valence-electron chi connectivity index (χ2n) is 3.44. The van der Waals surface area contributed by atoms with E-state index in [0.29, 0.717) is 10.2 Å². The van der Waals surface area contributed by atoms with Gasteiger partial charge in [-0.3, -0.25) is 0 Å². The fourth-order valence-corrected chi connectivity index (χ4v) is 2.03. The molecule has 0 saturated heterocycles. The lowest BCUT2D eigenvalue weighted by Crippen LogP contribution is -2.41. The van der Waals surface area contributed by atoms with Crippen LogP contribution < -0.4 is 4.74 Å². The zero-order valence-electron chi connectivity index (χ0n) is 8.41. The van der Waals surface area contributed by atoms with Gasteiger partial charge in [0.2, 0.25) is 0 Å². The van der Waals surface area contributed by atoms with E-state index in [9.17, 15) is 9.90 Å². The van der Waals surface area contributed by atoms with Gasteiger partial charge >= 0.3 is 5.97 Å². The van der Waals surface area contributed by atoms with Crippen molar-refractivity contribution in [1.29, 1.82) is 0 Å². The summed E-state index contributed by atoms with van der Waals surface area (Å²) >= 11 is 6.55. The highest BCUT2D eigenvalue weighted by atomic mass is 79.9. The lowest BCUT2D eigenvalue weighted by Gasteiger charge is -2.18. The molecule has 0 aromatic heterocycles. The maximum atomic E-state index is 10.6. The maximum absolute atomic E-state index is 10.6. The predicted octanol–water partition coefficient (Wildman–Crippen LogP) is 2.43. The van der Waals surface area contributed by atoms with E-state index >= 15 is 0 Å². The van der Waals surface area contributed by atoms with E-state index in [2.05, 4.69) is 31.9 Å². The maximum Gasteiger partial charge on any atom is 0.339 e. The fraction of sp³-hybridized carbons (Fsp3) is 0.300. The van der Waals surface area contributed by atoms with Crippen molar-refractivity contribution in [2.45, 2.75) is 12.5 Å². The molecule has 0 spiro atoms. The molecule has 1 rings (SSSR count). The molecule has 0 bridgehead atoms. The number of rotatable bonds is 4. The Balaban J connectivity index is 2.72. The van der Waals surface area contributed by atoms with Crippen LogP contribution in [0.15, 0.2) is 27.1 Å². The van der Waals surface area contributed by atoms with Gasteiger partial charge in [-0.2, -0.15) is 0 Å². The third kappa shape index (κ3) is 3.47. The zero-order chi connectivity index (χ0) is 12.3. The van der Waals surface area contributed by atoms with Gasteiger partial charge in [0.05, 0.1) is 4.47 Å². The largest absolute Gasteiger partial charge is 0.489 e. The van der Waals surface area contributed by atoms with Crippen molar-refractivity contribution < 1.29 is 19.7 Å². The minimum Gasteiger partial charge on any atom is -0.489 e. The molecule has 0 saturated carbocycles. The van der Waals surface area contributed by atoms with Crippen LogP contribution in [0.1, 0.15) is 6.92 Å². The number of carbonyl (C=O) groups is 1. The molecule has 1 unspecified atom stereocenters. The van der Waals surface area contributed by atoms with Crippen LogP contribution in [0.5, 0.6) is 5.75 Å². The minimum absolute atomic E-state index is 0.317. The SMILES string of the molecule is CC(O)(COc1ccc(Br)cc1Br)C(=O)O. The molecule has 0 amide bonds. The van der Waals surface area contributed by atoms with E-state index in [-0.39, 0.29) is 6.61 Å². The number of hydrogen-bond donors (Lipinski definition) is 2. The highest BCUT2D eigenvalue weighted by molar-refractivity contribution is 9.11. The molecule has 6 heteroatoms. The average molecular weight is 354 g/mol. The van der Waals surface area contributed by atoms with E-state index < -0.39 is 11.6 Å². The third-order valence-electron chi connectivity index (χ3n) is 1.86. The topological polar surface area (TPSA) is 66.8 Å². The van der Waals surface area contributed by atoms with Crippen molar-refractivity contribution >= 4 is 37.8 Å². The number of carboxylic acids is 1. The van der Waals surface area contributed by atoms with Crippen LogP contribution in [0.3, 0.4) is 0 Å². The summed E-state index contributed by atoms with van der Waals surface area (Å²) in [6.45, 7) is 0.866. The quantitative estimate of drug-likeness (QED) is 0.872. The Morgan fingerprint density at radius 1 is 1.50 bits per heavy atom. The summed E-state index contributed by atoms with van der Waals surface area (Å²) < 4.78 is 6.77. The molecule has 0 aliphatic carbocycles. The summed E-state index contributed by atoms with van der Waals surface area (Å²) in [6, 6.07) is 5.20. The lowest BCUT2D eigenvalue weighted by atomic mass is 10.1. The molecule has 0 aliphatic rings. The summed E-state index contributed by atoms with van der Waals surface area (Å²) in [4.78, 5) is 10.6. The first-order valence-electron chi connectivity index (χ1n) is 4.36. The molecule has 0 aliphatic heterocycles. The first-order chi connectivity index (χ1) is 7.33. The lowest BCUT2D eigenvalue weighted by molar-refractivity contribution is -0.159. The van der Waals surface area contributed by atoms with Crippen molar-refractivity contribution in [3.8, 4) is 5.75 Å². The Labute approximate surface area is 109 Å². The van der Waals surface area contributed by atoms with E-state index in [1.807, 2.05) is 0 Å². The van der Waals surface area contributed by atoms with Crippen LogP contribution in [-0.4, -0.2) is 28.4 Å². The standard InChI is InChI=1S/C10H10Br2O4/c1-10(15,9(13)14)5-16-8-3-2-6(11)4-7(8)12/h2-4,15H,5H2,1H3,(H,13,14). The molecule has 2 N–H and O–H groups in total. The normalized spacial score (nSPS) is 14.2. The van der Waals surface area contributed by atoms with Crippen molar-refractivity contribution in [2.75, 3.05) is 6.61 Å². The number of ether oxygens (including phenoxy) is 1. The molecule has 1 aromatic carbocycles.